The summed E-state index contributed by atoms with van der Waals surface area (Å²) in [7, 11) is 0. The van der Waals surface area contributed by atoms with E-state index in [0.717, 1.165) is 17.8 Å². The Morgan fingerprint density at radius 2 is 2.11 bits per heavy atom. The molecule has 1 saturated carbocycles. The third-order valence-electron chi connectivity index (χ3n) is 4.13. The second-order valence-corrected chi connectivity index (χ2v) is 5.22. The molecule has 3 heteroatoms. The second kappa shape index (κ2) is 4.45. The Balaban J connectivity index is 1.90. The number of hydrogen-bond donors (Lipinski definition) is 0. The monoisotopic (exact) mass is 240 g/mol. The van der Waals surface area contributed by atoms with Crippen LogP contribution < -0.4 is 4.90 Å². The molecule has 3 rings (SSSR count). The molecule has 0 N–H and O–H groups in total. The summed E-state index contributed by atoms with van der Waals surface area (Å²) < 4.78 is 0. The molecule has 0 unspecified atom stereocenters. The zero-order valence-corrected chi connectivity index (χ0v) is 10.3. The Kier molecular flexibility index (Phi) is 2.79. The normalized spacial score (nSPS) is 22.5. The standard InChI is InChI=1S/C15H16N2O/c16-9-8-13-12-6-1-2-7-14(12)17(15(13)18)10-11-4-3-5-11/h1-2,6-7,11,13H,3-5,8,10H2/t13-/m0/s1. The summed E-state index contributed by atoms with van der Waals surface area (Å²) in [6, 6.07) is 10.0. The number of carbonyl (C=O) groups excluding carboxylic acids is 1. The van der Waals surface area contributed by atoms with Gasteiger partial charge >= 0.3 is 0 Å². The van der Waals surface area contributed by atoms with Gasteiger partial charge in [0, 0.05) is 12.2 Å². The molecule has 1 atom stereocenters. The lowest BCUT2D eigenvalue weighted by Gasteiger charge is -2.30. The molecular formula is C15H16N2O. The molecule has 0 radical (unpaired) electrons. The van der Waals surface area contributed by atoms with Crippen LogP contribution in [-0.4, -0.2) is 12.5 Å². The van der Waals surface area contributed by atoms with Crippen LogP contribution in [0.25, 0.3) is 0 Å². The van der Waals surface area contributed by atoms with Crippen molar-refractivity contribution < 1.29 is 4.79 Å². The van der Waals surface area contributed by atoms with Crippen molar-refractivity contribution >= 4 is 11.6 Å². The first kappa shape index (κ1) is 11.3. The van der Waals surface area contributed by atoms with Crippen molar-refractivity contribution in [2.24, 2.45) is 5.92 Å². The number of para-hydroxylation sites is 1. The maximum atomic E-state index is 12.4. The predicted molar refractivity (Wildman–Crippen MR) is 69.1 cm³/mol. The second-order valence-electron chi connectivity index (χ2n) is 5.22. The molecule has 1 heterocycles. The van der Waals surface area contributed by atoms with Gasteiger partial charge in [-0.1, -0.05) is 24.6 Å². The van der Waals surface area contributed by atoms with Gasteiger partial charge in [-0.25, -0.2) is 0 Å². The number of carbonyl (C=O) groups is 1. The van der Waals surface area contributed by atoms with Crippen LogP contribution in [0.2, 0.25) is 0 Å². The lowest BCUT2D eigenvalue weighted by atomic mass is 9.85. The van der Waals surface area contributed by atoms with E-state index in [4.69, 9.17) is 5.26 Å². The van der Waals surface area contributed by atoms with E-state index in [1.54, 1.807) is 0 Å². The first-order valence-electron chi connectivity index (χ1n) is 6.58. The molecule has 1 fully saturated rings. The molecule has 2 aliphatic rings. The molecule has 92 valence electrons. The fourth-order valence-corrected chi connectivity index (χ4v) is 2.88. The number of nitrogens with zero attached hydrogens (tertiary/aromatic N) is 2. The van der Waals surface area contributed by atoms with Gasteiger partial charge in [0.25, 0.3) is 0 Å². The van der Waals surface area contributed by atoms with Gasteiger partial charge in [0.15, 0.2) is 0 Å². The third-order valence-corrected chi connectivity index (χ3v) is 4.13. The van der Waals surface area contributed by atoms with Crippen molar-refractivity contribution in [1.29, 1.82) is 5.26 Å². The average Bonchev–Trinajstić information content (AvgIpc) is 2.59. The van der Waals surface area contributed by atoms with Gasteiger partial charge in [0.1, 0.15) is 0 Å². The van der Waals surface area contributed by atoms with Crippen molar-refractivity contribution in [3.05, 3.63) is 29.8 Å². The van der Waals surface area contributed by atoms with Crippen LogP contribution in [-0.2, 0) is 4.79 Å². The van der Waals surface area contributed by atoms with Crippen molar-refractivity contribution in [3.8, 4) is 6.07 Å². The SMILES string of the molecule is N#CC[C@@H]1C(=O)N(CC2CCC2)c2ccccc21. The third kappa shape index (κ3) is 1.69. The van der Waals surface area contributed by atoms with Gasteiger partial charge in [-0.05, 0) is 30.4 Å². The topological polar surface area (TPSA) is 44.1 Å². The molecule has 18 heavy (non-hydrogen) atoms. The lowest BCUT2D eigenvalue weighted by molar-refractivity contribution is -0.119. The van der Waals surface area contributed by atoms with Crippen LogP contribution in [0.1, 0.15) is 37.2 Å². The highest BCUT2D eigenvalue weighted by atomic mass is 16.2. The van der Waals surface area contributed by atoms with E-state index in [0.29, 0.717) is 5.92 Å². The lowest BCUT2D eigenvalue weighted by Crippen LogP contribution is -2.35. The van der Waals surface area contributed by atoms with Crippen LogP contribution in [0.3, 0.4) is 0 Å². The van der Waals surface area contributed by atoms with Crippen molar-refractivity contribution in [2.45, 2.75) is 31.6 Å². The van der Waals surface area contributed by atoms with Crippen LogP contribution >= 0.6 is 0 Å². The van der Waals surface area contributed by atoms with Crippen molar-refractivity contribution in [2.75, 3.05) is 11.4 Å². The fourth-order valence-electron chi connectivity index (χ4n) is 2.88. The number of fused-ring (bicyclic) bond motifs is 1. The molecule has 0 bridgehead atoms. The molecule has 1 aliphatic carbocycles. The Labute approximate surface area is 107 Å². The Bertz CT molecular complexity index is 513. The molecule has 0 aromatic heterocycles. The highest BCUT2D eigenvalue weighted by Crippen LogP contribution is 2.40. The molecule has 1 aromatic rings. The van der Waals surface area contributed by atoms with Gasteiger partial charge in [-0.3, -0.25) is 4.79 Å². The van der Waals surface area contributed by atoms with Gasteiger partial charge in [0.2, 0.25) is 5.91 Å². The highest BCUT2D eigenvalue weighted by Gasteiger charge is 2.38. The Hall–Kier alpha value is -1.82. The molecule has 0 spiro atoms. The summed E-state index contributed by atoms with van der Waals surface area (Å²) in [5.74, 6) is 0.527. The number of nitriles is 1. The van der Waals surface area contributed by atoms with E-state index in [1.807, 2.05) is 29.2 Å². The van der Waals surface area contributed by atoms with E-state index in [9.17, 15) is 4.79 Å². The van der Waals surface area contributed by atoms with E-state index in [-0.39, 0.29) is 18.2 Å². The number of benzene rings is 1. The van der Waals surface area contributed by atoms with Crippen LogP contribution in [0.15, 0.2) is 24.3 Å². The quantitative estimate of drug-likeness (QED) is 0.815. The number of hydrogen-bond acceptors (Lipinski definition) is 2. The largest absolute Gasteiger partial charge is 0.311 e. The maximum Gasteiger partial charge on any atom is 0.235 e. The minimum absolute atomic E-state index is 0.115. The first-order chi connectivity index (χ1) is 8.81. The number of anilines is 1. The van der Waals surface area contributed by atoms with E-state index in [1.165, 1.54) is 19.3 Å². The van der Waals surface area contributed by atoms with Gasteiger partial charge in [-0.15, -0.1) is 0 Å². The van der Waals surface area contributed by atoms with Gasteiger partial charge in [-0.2, -0.15) is 5.26 Å². The smallest absolute Gasteiger partial charge is 0.235 e. The number of rotatable bonds is 3. The van der Waals surface area contributed by atoms with Gasteiger partial charge < -0.3 is 4.90 Å². The van der Waals surface area contributed by atoms with Crippen molar-refractivity contribution in [1.82, 2.24) is 0 Å². The molecular weight excluding hydrogens is 224 g/mol. The van der Waals surface area contributed by atoms with Gasteiger partial charge in [0.05, 0.1) is 18.4 Å². The molecule has 1 aliphatic heterocycles. The summed E-state index contributed by atoms with van der Waals surface area (Å²) in [5, 5.41) is 8.87. The van der Waals surface area contributed by atoms with Crippen LogP contribution in [0.5, 0.6) is 0 Å². The van der Waals surface area contributed by atoms with E-state index < -0.39 is 0 Å². The summed E-state index contributed by atoms with van der Waals surface area (Å²) >= 11 is 0. The summed E-state index contributed by atoms with van der Waals surface area (Å²) in [6.07, 6.45) is 4.04. The van der Waals surface area contributed by atoms with E-state index in [2.05, 4.69) is 6.07 Å². The Morgan fingerprint density at radius 3 is 2.78 bits per heavy atom. The zero-order chi connectivity index (χ0) is 12.5. The Morgan fingerprint density at radius 1 is 1.33 bits per heavy atom. The number of amides is 1. The summed E-state index contributed by atoms with van der Waals surface area (Å²) in [4.78, 5) is 14.3. The summed E-state index contributed by atoms with van der Waals surface area (Å²) in [5.41, 5.74) is 2.05. The summed E-state index contributed by atoms with van der Waals surface area (Å²) in [6.45, 7) is 0.831. The van der Waals surface area contributed by atoms with Crippen molar-refractivity contribution in [3.63, 3.8) is 0 Å². The van der Waals surface area contributed by atoms with E-state index >= 15 is 0 Å². The first-order valence-corrected chi connectivity index (χ1v) is 6.58. The molecule has 1 amide bonds. The van der Waals surface area contributed by atoms with Crippen LogP contribution in [0, 0.1) is 17.2 Å². The molecule has 3 nitrogen and oxygen atoms in total. The highest BCUT2D eigenvalue weighted by molar-refractivity contribution is 6.05. The predicted octanol–water partition coefficient (Wildman–Crippen LogP) is 2.83. The minimum atomic E-state index is -0.244. The van der Waals surface area contributed by atoms with Crippen LogP contribution in [0.4, 0.5) is 5.69 Å². The molecule has 1 aromatic carbocycles. The zero-order valence-electron chi connectivity index (χ0n) is 10.3. The molecule has 0 saturated heterocycles. The maximum absolute atomic E-state index is 12.4. The fraction of sp³-hybridized carbons (Fsp3) is 0.467. The minimum Gasteiger partial charge on any atom is -0.311 e. The average molecular weight is 240 g/mol.